The van der Waals surface area contributed by atoms with E-state index in [4.69, 9.17) is 16.3 Å². The minimum absolute atomic E-state index is 0.0204. The van der Waals surface area contributed by atoms with Gasteiger partial charge < -0.3 is 10.1 Å². The van der Waals surface area contributed by atoms with Crippen molar-refractivity contribution in [2.24, 2.45) is 0 Å². The van der Waals surface area contributed by atoms with Gasteiger partial charge in [-0.3, -0.25) is 14.4 Å². The number of nitrogens with one attached hydrogen (secondary N) is 1. The summed E-state index contributed by atoms with van der Waals surface area (Å²) in [6.07, 6.45) is -0.0597. The average Bonchev–Trinajstić information content (AvgIpc) is 3.06. The summed E-state index contributed by atoms with van der Waals surface area (Å²) in [6, 6.07) is 9.08. The normalized spacial score (nSPS) is 10.7. The van der Waals surface area contributed by atoms with Crippen LogP contribution in [-0.4, -0.2) is 24.3 Å². The molecule has 0 saturated carbocycles. The maximum absolute atomic E-state index is 12.1. The molecular weight excluding hydrogens is 386 g/mol. The van der Waals surface area contributed by atoms with Gasteiger partial charge in [-0.05, 0) is 36.1 Å². The fourth-order valence-corrected chi connectivity index (χ4v) is 3.55. The molecule has 0 saturated heterocycles. The van der Waals surface area contributed by atoms with Crippen LogP contribution in [0.2, 0.25) is 4.34 Å². The van der Waals surface area contributed by atoms with E-state index in [-0.39, 0.29) is 31.1 Å². The quantitative estimate of drug-likeness (QED) is 0.494. The zero-order valence-corrected chi connectivity index (χ0v) is 17.1. The molecule has 0 bridgehead atoms. The number of halogens is 1. The highest BCUT2D eigenvalue weighted by molar-refractivity contribution is 7.18. The van der Waals surface area contributed by atoms with E-state index in [1.807, 2.05) is 39.0 Å². The van der Waals surface area contributed by atoms with E-state index >= 15 is 0 Å². The molecular formula is C20H22ClNO4S. The molecule has 7 heteroatoms. The molecule has 1 aromatic heterocycles. The van der Waals surface area contributed by atoms with Crippen LogP contribution in [0.5, 0.6) is 0 Å². The molecule has 27 heavy (non-hydrogen) atoms. The standard InChI is InChI=1S/C20H22ClNO4S/c1-12(2)14-6-4-5-13(3)20(14)22-18(24)11-26-19(25)10-7-15(23)16-8-9-17(21)27-16/h4-6,8-9,12H,7,10-11H2,1-3H3,(H,22,24). The highest BCUT2D eigenvalue weighted by atomic mass is 35.5. The Morgan fingerprint density at radius 2 is 1.89 bits per heavy atom. The number of carbonyl (C=O) groups excluding carboxylic acids is 3. The van der Waals surface area contributed by atoms with E-state index in [2.05, 4.69) is 5.32 Å². The second kappa shape index (κ2) is 9.67. The number of aryl methyl sites for hydroxylation is 1. The lowest BCUT2D eigenvalue weighted by Gasteiger charge is -2.16. The molecule has 0 spiro atoms. The molecule has 5 nitrogen and oxygen atoms in total. The Kier molecular flexibility index (Phi) is 7.56. The van der Waals surface area contributed by atoms with Crippen molar-refractivity contribution in [1.82, 2.24) is 0 Å². The van der Waals surface area contributed by atoms with Gasteiger partial charge in [0.15, 0.2) is 12.4 Å². The number of benzene rings is 1. The lowest BCUT2D eigenvalue weighted by Crippen LogP contribution is -2.22. The highest BCUT2D eigenvalue weighted by Crippen LogP contribution is 2.27. The summed E-state index contributed by atoms with van der Waals surface area (Å²) >= 11 is 6.96. The molecule has 1 N–H and O–H groups in total. The van der Waals surface area contributed by atoms with Crippen LogP contribution in [0.25, 0.3) is 0 Å². The first-order valence-electron chi connectivity index (χ1n) is 8.61. The van der Waals surface area contributed by atoms with Crippen LogP contribution in [0.3, 0.4) is 0 Å². The predicted octanol–water partition coefficient (Wildman–Crippen LogP) is 4.98. The Bertz CT molecular complexity index is 844. The van der Waals surface area contributed by atoms with Gasteiger partial charge in [0.1, 0.15) is 0 Å². The zero-order chi connectivity index (χ0) is 20.0. The van der Waals surface area contributed by atoms with Crippen molar-refractivity contribution in [1.29, 1.82) is 0 Å². The monoisotopic (exact) mass is 407 g/mol. The number of para-hydroxylation sites is 1. The maximum atomic E-state index is 12.1. The first-order valence-corrected chi connectivity index (χ1v) is 9.81. The Balaban J connectivity index is 1.82. The summed E-state index contributed by atoms with van der Waals surface area (Å²) in [5.41, 5.74) is 2.72. The largest absolute Gasteiger partial charge is 0.456 e. The zero-order valence-electron chi connectivity index (χ0n) is 15.5. The molecule has 0 aliphatic rings. The molecule has 2 rings (SSSR count). The number of ether oxygens (including phenoxy) is 1. The van der Waals surface area contributed by atoms with Gasteiger partial charge in [-0.25, -0.2) is 0 Å². The van der Waals surface area contributed by atoms with E-state index in [1.54, 1.807) is 12.1 Å². The molecule has 0 fully saturated rings. The van der Waals surface area contributed by atoms with Crippen molar-refractivity contribution < 1.29 is 19.1 Å². The number of Topliss-reactive ketones (excluding diaryl/α,β-unsaturated/α-hetero) is 1. The third-order valence-electron chi connectivity index (χ3n) is 3.96. The van der Waals surface area contributed by atoms with Gasteiger partial charge in [-0.15, -0.1) is 11.3 Å². The fraction of sp³-hybridized carbons (Fsp3) is 0.350. The van der Waals surface area contributed by atoms with Gasteiger partial charge in [0, 0.05) is 12.1 Å². The van der Waals surface area contributed by atoms with Gasteiger partial charge in [0.2, 0.25) is 0 Å². The fourth-order valence-electron chi connectivity index (χ4n) is 2.54. The van der Waals surface area contributed by atoms with Crippen LogP contribution < -0.4 is 5.32 Å². The third kappa shape index (κ3) is 6.19. The molecule has 1 heterocycles. The molecule has 0 unspecified atom stereocenters. The van der Waals surface area contributed by atoms with E-state index in [1.165, 1.54) is 11.3 Å². The summed E-state index contributed by atoms with van der Waals surface area (Å²) in [7, 11) is 0. The highest BCUT2D eigenvalue weighted by Gasteiger charge is 2.15. The second-order valence-electron chi connectivity index (χ2n) is 6.43. The molecule has 1 aromatic carbocycles. The van der Waals surface area contributed by atoms with Crippen LogP contribution in [0, 0.1) is 6.92 Å². The molecule has 0 radical (unpaired) electrons. The lowest BCUT2D eigenvalue weighted by molar-refractivity contribution is -0.147. The number of rotatable bonds is 8. The van der Waals surface area contributed by atoms with Crippen LogP contribution in [0.15, 0.2) is 30.3 Å². The van der Waals surface area contributed by atoms with Gasteiger partial charge in [-0.2, -0.15) is 0 Å². The topological polar surface area (TPSA) is 72.5 Å². The SMILES string of the molecule is Cc1cccc(C(C)C)c1NC(=O)COC(=O)CCC(=O)c1ccc(Cl)s1. The number of ketones is 1. The van der Waals surface area contributed by atoms with Crippen molar-refractivity contribution in [3.8, 4) is 0 Å². The molecule has 2 aromatic rings. The maximum Gasteiger partial charge on any atom is 0.306 e. The second-order valence-corrected chi connectivity index (χ2v) is 8.14. The Morgan fingerprint density at radius 3 is 2.52 bits per heavy atom. The molecule has 0 atom stereocenters. The minimum atomic E-state index is -0.588. The number of hydrogen-bond donors (Lipinski definition) is 1. The average molecular weight is 408 g/mol. The van der Waals surface area contributed by atoms with Crippen LogP contribution >= 0.6 is 22.9 Å². The third-order valence-corrected chi connectivity index (χ3v) is 5.23. The lowest BCUT2D eigenvalue weighted by atomic mass is 9.98. The molecule has 1 amide bonds. The molecule has 144 valence electrons. The summed E-state index contributed by atoms with van der Waals surface area (Å²) in [5, 5.41) is 2.81. The van der Waals surface area contributed by atoms with Crippen LogP contribution in [0.1, 0.15) is 53.4 Å². The molecule has 0 aliphatic carbocycles. The van der Waals surface area contributed by atoms with Crippen molar-refractivity contribution in [2.75, 3.05) is 11.9 Å². The van der Waals surface area contributed by atoms with Gasteiger partial charge >= 0.3 is 5.97 Å². The van der Waals surface area contributed by atoms with Gasteiger partial charge in [0.25, 0.3) is 5.91 Å². The first kappa shape index (κ1) is 21.1. The van der Waals surface area contributed by atoms with Crippen LogP contribution in [0.4, 0.5) is 5.69 Å². The molecule has 0 aliphatic heterocycles. The Hall–Kier alpha value is -2.18. The Morgan fingerprint density at radius 1 is 1.15 bits per heavy atom. The van der Waals surface area contributed by atoms with Crippen LogP contribution in [-0.2, 0) is 14.3 Å². The summed E-state index contributed by atoms with van der Waals surface area (Å²) in [5.74, 6) is -0.916. The number of thiophene rings is 1. The van der Waals surface area contributed by atoms with Gasteiger partial charge in [0.05, 0.1) is 15.6 Å². The summed E-state index contributed by atoms with van der Waals surface area (Å²) in [6.45, 7) is 5.62. The minimum Gasteiger partial charge on any atom is -0.456 e. The summed E-state index contributed by atoms with van der Waals surface area (Å²) < 4.78 is 5.50. The van der Waals surface area contributed by atoms with Gasteiger partial charge in [-0.1, -0.05) is 43.6 Å². The number of anilines is 1. The van der Waals surface area contributed by atoms with E-state index in [9.17, 15) is 14.4 Å². The number of esters is 1. The first-order chi connectivity index (χ1) is 12.8. The van der Waals surface area contributed by atoms with E-state index < -0.39 is 11.9 Å². The Labute approximate surface area is 167 Å². The number of carbonyl (C=O) groups is 3. The number of hydrogen-bond acceptors (Lipinski definition) is 5. The number of amides is 1. The van der Waals surface area contributed by atoms with Crippen molar-refractivity contribution in [3.63, 3.8) is 0 Å². The van der Waals surface area contributed by atoms with Crippen molar-refractivity contribution in [2.45, 2.75) is 39.5 Å². The van der Waals surface area contributed by atoms with Crippen molar-refractivity contribution >= 4 is 46.3 Å². The summed E-state index contributed by atoms with van der Waals surface area (Å²) in [4.78, 5) is 36.4. The van der Waals surface area contributed by atoms with E-state index in [0.717, 1.165) is 16.8 Å². The predicted molar refractivity (Wildman–Crippen MR) is 108 cm³/mol. The van der Waals surface area contributed by atoms with E-state index in [0.29, 0.717) is 9.21 Å². The van der Waals surface area contributed by atoms with Crippen molar-refractivity contribution in [3.05, 3.63) is 50.7 Å². The smallest absolute Gasteiger partial charge is 0.306 e.